The number of rotatable bonds is 0. The maximum absolute atomic E-state index is 13.1. The van der Waals surface area contributed by atoms with E-state index in [1.54, 1.807) is 0 Å². The lowest BCUT2D eigenvalue weighted by molar-refractivity contribution is 0.0598. The SMILES string of the molecule is CC1(C)c2ccccc2C(=O)C12Cc1ccccc1C2=O. The van der Waals surface area contributed by atoms with Gasteiger partial charge < -0.3 is 0 Å². The van der Waals surface area contributed by atoms with Crippen molar-refractivity contribution in [3.63, 3.8) is 0 Å². The molecule has 104 valence electrons. The van der Waals surface area contributed by atoms with E-state index in [0.717, 1.165) is 11.1 Å². The zero-order chi connectivity index (χ0) is 14.8. The van der Waals surface area contributed by atoms with E-state index in [1.165, 1.54) is 0 Å². The average molecular weight is 276 g/mol. The predicted molar refractivity (Wildman–Crippen MR) is 80.7 cm³/mol. The highest BCUT2D eigenvalue weighted by molar-refractivity contribution is 6.26. The number of carbonyl (C=O) groups is 2. The van der Waals surface area contributed by atoms with Crippen LogP contribution in [0, 0.1) is 5.41 Å². The molecular weight excluding hydrogens is 260 g/mol. The first-order valence-electron chi connectivity index (χ1n) is 7.27. The second kappa shape index (κ2) is 3.70. The van der Waals surface area contributed by atoms with Crippen molar-refractivity contribution in [1.29, 1.82) is 0 Å². The number of fused-ring (bicyclic) bond motifs is 2. The van der Waals surface area contributed by atoms with Crippen molar-refractivity contribution in [2.45, 2.75) is 25.7 Å². The molecule has 2 nitrogen and oxygen atoms in total. The van der Waals surface area contributed by atoms with Crippen LogP contribution in [0.4, 0.5) is 0 Å². The van der Waals surface area contributed by atoms with Gasteiger partial charge in [-0.05, 0) is 17.5 Å². The molecule has 21 heavy (non-hydrogen) atoms. The van der Waals surface area contributed by atoms with Gasteiger partial charge >= 0.3 is 0 Å². The molecule has 0 saturated heterocycles. The molecule has 1 atom stereocenters. The van der Waals surface area contributed by atoms with Crippen LogP contribution in [0.15, 0.2) is 48.5 Å². The van der Waals surface area contributed by atoms with Gasteiger partial charge in [-0.2, -0.15) is 0 Å². The molecule has 0 bridgehead atoms. The Hall–Kier alpha value is -2.22. The fourth-order valence-corrected chi connectivity index (χ4v) is 4.15. The van der Waals surface area contributed by atoms with E-state index in [9.17, 15) is 9.59 Å². The first kappa shape index (κ1) is 12.5. The van der Waals surface area contributed by atoms with Gasteiger partial charge in [0.05, 0.1) is 0 Å². The molecule has 4 rings (SSSR count). The fraction of sp³-hybridized carbons (Fsp3) is 0.263. The quantitative estimate of drug-likeness (QED) is 0.689. The van der Waals surface area contributed by atoms with Crippen LogP contribution in [-0.2, 0) is 11.8 Å². The number of benzene rings is 2. The molecule has 1 spiro atoms. The Bertz CT molecular complexity index is 791. The van der Waals surface area contributed by atoms with Crippen LogP contribution in [0.25, 0.3) is 0 Å². The molecule has 0 radical (unpaired) electrons. The molecule has 2 aromatic rings. The summed E-state index contributed by atoms with van der Waals surface area (Å²) < 4.78 is 0. The van der Waals surface area contributed by atoms with Gasteiger partial charge in [-0.1, -0.05) is 62.4 Å². The van der Waals surface area contributed by atoms with Gasteiger partial charge in [0.2, 0.25) is 0 Å². The zero-order valence-electron chi connectivity index (χ0n) is 12.1. The molecule has 2 aromatic carbocycles. The third-order valence-electron chi connectivity index (χ3n) is 5.40. The second-order valence-corrected chi connectivity index (χ2v) is 6.57. The zero-order valence-corrected chi connectivity index (χ0v) is 12.1. The van der Waals surface area contributed by atoms with E-state index in [4.69, 9.17) is 0 Å². The van der Waals surface area contributed by atoms with Crippen molar-refractivity contribution in [1.82, 2.24) is 0 Å². The van der Waals surface area contributed by atoms with Crippen LogP contribution in [0.3, 0.4) is 0 Å². The van der Waals surface area contributed by atoms with Gasteiger partial charge in [0, 0.05) is 16.5 Å². The minimum atomic E-state index is -0.958. The Morgan fingerprint density at radius 2 is 1.38 bits per heavy atom. The Morgan fingerprint density at radius 1 is 0.810 bits per heavy atom. The number of Topliss-reactive ketones (excluding diaryl/α,β-unsaturated/α-hetero) is 2. The van der Waals surface area contributed by atoms with Gasteiger partial charge in [0.1, 0.15) is 5.41 Å². The highest BCUT2D eigenvalue weighted by atomic mass is 16.2. The normalized spacial score (nSPS) is 25.2. The Morgan fingerprint density at radius 3 is 2.05 bits per heavy atom. The third-order valence-corrected chi connectivity index (χ3v) is 5.40. The molecule has 0 fully saturated rings. The predicted octanol–water partition coefficient (Wildman–Crippen LogP) is 3.59. The minimum absolute atomic E-state index is 0.00991. The van der Waals surface area contributed by atoms with Gasteiger partial charge in [-0.3, -0.25) is 9.59 Å². The summed E-state index contributed by atoms with van der Waals surface area (Å²) in [5.74, 6) is -0.0198. The molecular formula is C19H16O2. The van der Waals surface area contributed by atoms with Crippen molar-refractivity contribution >= 4 is 11.6 Å². The summed E-state index contributed by atoms with van der Waals surface area (Å²) in [6, 6.07) is 15.3. The molecule has 2 aliphatic rings. The van der Waals surface area contributed by atoms with E-state index < -0.39 is 10.8 Å². The van der Waals surface area contributed by atoms with Gasteiger partial charge in [-0.15, -0.1) is 0 Å². The number of hydrogen-bond donors (Lipinski definition) is 0. The number of ketones is 2. The van der Waals surface area contributed by atoms with E-state index in [1.807, 2.05) is 62.4 Å². The summed E-state index contributed by atoms with van der Waals surface area (Å²) >= 11 is 0. The number of hydrogen-bond acceptors (Lipinski definition) is 2. The second-order valence-electron chi connectivity index (χ2n) is 6.57. The van der Waals surface area contributed by atoms with Crippen molar-refractivity contribution in [2.24, 2.45) is 5.41 Å². The van der Waals surface area contributed by atoms with Crippen LogP contribution in [0.5, 0.6) is 0 Å². The lowest BCUT2D eigenvalue weighted by Crippen LogP contribution is -2.46. The van der Waals surface area contributed by atoms with Crippen molar-refractivity contribution in [3.8, 4) is 0 Å². The van der Waals surface area contributed by atoms with Crippen molar-refractivity contribution in [2.75, 3.05) is 0 Å². The summed E-state index contributed by atoms with van der Waals surface area (Å²) in [7, 11) is 0. The van der Waals surface area contributed by atoms with Crippen LogP contribution in [-0.4, -0.2) is 11.6 Å². The lowest BCUT2D eigenvalue weighted by atomic mass is 9.63. The first-order valence-corrected chi connectivity index (χ1v) is 7.27. The highest BCUT2D eigenvalue weighted by Gasteiger charge is 2.65. The van der Waals surface area contributed by atoms with Gasteiger partial charge in [0.25, 0.3) is 0 Å². The highest BCUT2D eigenvalue weighted by Crippen LogP contribution is 2.57. The van der Waals surface area contributed by atoms with Crippen LogP contribution >= 0.6 is 0 Å². The first-order chi connectivity index (χ1) is 10.00. The van der Waals surface area contributed by atoms with Gasteiger partial charge in [-0.25, -0.2) is 0 Å². The largest absolute Gasteiger partial charge is 0.293 e. The smallest absolute Gasteiger partial charge is 0.178 e. The molecule has 2 aliphatic carbocycles. The van der Waals surface area contributed by atoms with Crippen LogP contribution < -0.4 is 0 Å². The summed E-state index contributed by atoms with van der Waals surface area (Å²) in [4.78, 5) is 26.2. The van der Waals surface area contributed by atoms with Crippen LogP contribution in [0.1, 0.15) is 45.7 Å². The van der Waals surface area contributed by atoms with Gasteiger partial charge in [0.15, 0.2) is 11.6 Å². The molecule has 0 N–H and O–H groups in total. The molecule has 0 amide bonds. The molecule has 2 heteroatoms. The molecule has 0 saturated carbocycles. The molecule has 1 unspecified atom stereocenters. The lowest BCUT2D eigenvalue weighted by Gasteiger charge is -2.35. The molecule has 0 heterocycles. The topological polar surface area (TPSA) is 34.1 Å². The Kier molecular flexibility index (Phi) is 2.21. The maximum Gasteiger partial charge on any atom is 0.178 e. The maximum atomic E-state index is 13.1. The summed E-state index contributed by atoms with van der Waals surface area (Å²) in [5, 5.41) is 0. The van der Waals surface area contributed by atoms with Crippen molar-refractivity contribution in [3.05, 3.63) is 70.8 Å². The Labute approximate surface area is 123 Å². The minimum Gasteiger partial charge on any atom is -0.293 e. The van der Waals surface area contributed by atoms with E-state index in [-0.39, 0.29) is 11.6 Å². The standard InChI is InChI=1S/C19H16O2/c1-18(2)15-10-6-5-9-14(15)17(21)19(18)11-12-7-3-4-8-13(12)16(19)20/h3-10H,11H2,1-2H3. The summed E-state index contributed by atoms with van der Waals surface area (Å²) in [5.41, 5.74) is 1.99. The summed E-state index contributed by atoms with van der Waals surface area (Å²) in [6.07, 6.45) is 0.516. The van der Waals surface area contributed by atoms with Crippen molar-refractivity contribution < 1.29 is 9.59 Å². The number of carbonyl (C=O) groups excluding carboxylic acids is 2. The molecule has 0 aliphatic heterocycles. The Balaban J connectivity index is 2.00. The summed E-state index contributed by atoms with van der Waals surface area (Å²) in [6.45, 7) is 4.06. The fourth-order valence-electron chi connectivity index (χ4n) is 4.15. The van der Waals surface area contributed by atoms with E-state index >= 15 is 0 Å². The van der Waals surface area contributed by atoms with E-state index in [0.29, 0.717) is 17.5 Å². The monoisotopic (exact) mass is 276 g/mol. The van der Waals surface area contributed by atoms with Crippen LogP contribution in [0.2, 0.25) is 0 Å². The van der Waals surface area contributed by atoms with E-state index in [2.05, 4.69) is 0 Å². The average Bonchev–Trinajstić information content (AvgIpc) is 2.89. The third kappa shape index (κ3) is 1.24. The molecule has 0 aromatic heterocycles.